The second-order valence-corrected chi connectivity index (χ2v) is 8.52. The first kappa shape index (κ1) is 23.2. The van der Waals surface area contributed by atoms with Gasteiger partial charge in [-0.25, -0.2) is 0 Å². The molecule has 0 saturated carbocycles. The average Bonchev–Trinajstić information content (AvgIpc) is 3.01. The Morgan fingerprint density at radius 2 is 2.00 bits per heavy atom. The third kappa shape index (κ3) is 6.26. The van der Waals surface area contributed by atoms with Gasteiger partial charge in [0.15, 0.2) is 0 Å². The molecule has 1 amide bonds. The minimum atomic E-state index is -0.511. The van der Waals surface area contributed by atoms with Crippen LogP contribution in [0.1, 0.15) is 31.7 Å². The van der Waals surface area contributed by atoms with E-state index in [1.165, 1.54) is 23.8 Å². The van der Waals surface area contributed by atoms with Gasteiger partial charge in [-0.2, -0.15) is 0 Å². The number of halogens is 1. The molecular weight excluding hydrogens is 416 g/mol. The van der Waals surface area contributed by atoms with Crippen molar-refractivity contribution in [2.24, 2.45) is 0 Å². The van der Waals surface area contributed by atoms with E-state index < -0.39 is 4.92 Å². The molecule has 1 saturated heterocycles. The molecule has 2 aromatic rings. The molecule has 0 aliphatic carbocycles. The highest BCUT2D eigenvalue weighted by Gasteiger charge is 2.27. The second kappa shape index (κ2) is 10.7. The Balaban J connectivity index is 1.55. The maximum Gasteiger partial charge on any atom is 0.271 e. The van der Waals surface area contributed by atoms with E-state index in [9.17, 15) is 14.9 Å². The first-order valence-corrected chi connectivity index (χ1v) is 11.0. The predicted molar refractivity (Wildman–Crippen MR) is 123 cm³/mol. The van der Waals surface area contributed by atoms with Gasteiger partial charge < -0.3 is 5.32 Å². The zero-order valence-corrected chi connectivity index (χ0v) is 18.7. The molecule has 2 aromatic carbocycles. The summed E-state index contributed by atoms with van der Waals surface area (Å²) < 4.78 is 0. The summed E-state index contributed by atoms with van der Waals surface area (Å²) in [6, 6.07) is 14.7. The molecule has 1 aliphatic heterocycles. The van der Waals surface area contributed by atoms with Crippen molar-refractivity contribution in [1.29, 1.82) is 0 Å². The lowest BCUT2D eigenvalue weighted by Crippen LogP contribution is -2.43. The summed E-state index contributed by atoms with van der Waals surface area (Å²) in [4.78, 5) is 27.7. The Labute approximate surface area is 188 Å². The summed E-state index contributed by atoms with van der Waals surface area (Å²) in [5.74, 6) is -0.160. The van der Waals surface area contributed by atoms with E-state index in [1.54, 1.807) is 0 Å². The number of nitro groups is 1. The number of anilines is 1. The number of benzene rings is 2. The monoisotopic (exact) mass is 444 g/mol. The van der Waals surface area contributed by atoms with E-state index >= 15 is 0 Å². The number of non-ortho nitro benzene ring substituents is 1. The number of nitrogens with zero attached hydrogens (tertiary/aromatic N) is 3. The van der Waals surface area contributed by atoms with E-state index in [2.05, 4.69) is 46.4 Å². The zero-order chi connectivity index (χ0) is 22.4. The van der Waals surface area contributed by atoms with Crippen molar-refractivity contribution in [2.75, 3.05) is 25.5 Å². The van der Waals surface area contributed by atoms with Crippen LogP contribution in [0, 0.1) is 10.1 Å². The van der Waals surface area contributed by atoms with Crippen LogP contribution in [0.2, 0.25) is 5.02 Å². The molecule has 0 radical (unpaired) electrons. The lowest BCUT2D eigenvalue weighted by Gasteiger charge is -2.29. The van der Waals surface area contributed by atoms with Gasteiger partial charge in [0.25, 0.3) is 5.69 Å². The van der Waals surface area contributed by atoms with Crippen molar-refractivity contribution in [3.63, 3.8) is 0 Å². The van der Waals surface area contributed by atoms with Gasteiger partial charge in [0.05, 0.1) is 21.7 Å². The highest BCUT2D eigenvalue weighted by atomic mass is 35.5. The normalized spacial score (nSPS) is 18.4. The standard InChI is InChI=1S/C23H29ClN4O3/c1-17(23(29)25-22-11-10-20(28(30)31)15-21(22)24)27-13-6-9-19(12-14-27)26(2)16-18-7-4-3-5-8-18/h3-5,7-8,10-11,15,17,19H,6,9,12-14,16H2,1-2H3,(H,25,29)/t17-,19+/m1/s1. The maximum atomic E-state index is 12.8. The van der Waals surface area contributed by atoms with Gasteiger partial charge in [-0.1, -0.05) is 41.9 Å². The summed E-state index contributed by atoms with van der Waals surface area (Å²) in [7, 11) is 2.17. The van der Waals surface area contributed by atoms with Gasteiger partial charge in [-0.15, -0.1) is 0 Å². The van der Waals surface area contributed by atoms with Gasteiger partial charge in [0, 0.05) is 31.3 Å². The molecule has 1 heterocycles. The highest BCUT2D eigenvalue weighted by molar-refractivity contribution is 6.34. The summed E-state index contributed by atoms with van der Waals surface area (Å²) in [6.45, 7) is 4.51. The van der Waals surface area contributed by atoms with Crippen molar-refractivity contribution in [3.05, 3.63) is 69.2 Å². The topological polar surface area (TPSA) is 78.7 Å². The number of nitro benzene ring substituents is 1. The number of nitrogens with one attached hydrogen (secondary N) is 1. The molecule has 2 atom stereocenters. The van der Waals surface area contributed by atoms with Crippen molar-refractivity contribution in [2.45, 2.75) is 44.8 Å². The van der Waals surface area contributed by atoms with Crippen LogP contribution in [0.15, 0.2) is 48.5 Å². The smallest absolute Gasteiger partial charge is 0.271 e. The van der Waals surface area contributed by atoms with Gasteiger partial charge >= 0.3 is 0 Å². The Kier molecular flexibility index (Phi) is 8.01. The quantitative estimate of drug-likeness (QED) is 0.500. The molecule has 1 fully saturated rings. The number of likely N-dealkylation sites (tertiary alicyclic amines) is 1. The molecule has 0 aromatic heterocycles. The first-order chi connectivity index (χ1) is 14.8. The van der Waals surface area contributed by atoms with Crippen molar-refractivity contribution in [3.8, 4) is 0 Å². The summed E-state index contributed by atoms with van der Waals surface area (Å²) in [5.41, 5.74) is 1.59. The average molecular weight is 445 g/mol. The SMILES string of the molecule is C[C@H](C(=O)Nc1ccc([N+](=O)[O-])cc1Cl)N1CCC[C@H](N(C)Cc2ccccc2)CC1. The van der Waals surface area contributed by atoms with Crippen molar-refractivity contribution in [1.82, 2.24) is 9.80 Å². The Morgan fingerprint density at radius 3 is 2.68 bits per heavy atom. The van der Waals surface area contributed by atoms with Gasteiger partial charge in [0.2, 0.25) is 5.91 Å². The Morgan fingerprint density at radius 1 is 1.26 bits per heavy atom. The largest absolute Gasteiger partial charge is 0.323 e. The Bertz CT molecular complexity index is 909. The van der Waals surface area contributed by atoms with E-state index in [4.69, 9.17) is 11.6 Å². The first-order valence-electron chi connectivity index (χ1n) is 10.6. The fraction of sp³-hybridized carbons (Fsp3) is 0.435. The van der Waals surface area contributed by atoms with Crippen LogP contribution in [0.5, 0.6) is 0 Å². The minimum absolute atomic E-state index is 0.103. The van der Waals surface area contributed by atoms with Gasteiger partial charge in [-0.05, 0) is 51.4 Å². The number of carbonyl (C=O) groups excluding carboxylic acids is 1. The van der Waals surface area contributed by atoms with Crippen LogP contribution in [0.3, 0.4) is 0 Å². The van der Waals surface area contributed by atoms with Crippen LogP contribution >= 0.6 is 11.6 Å². The molecule has 1 N–H and O–H groups in total. The van der Waals surface area contributed by atoms with E-state index in [0.717, 1.165) is 38.9 Å². The second-order valence-electron chi connectivity index (χ2n) is 8.11. The lowest BCUT2D eigenvalue weighted by molar-refractivity contribution is -0.384. The molecule has 166 valence electrons. The molecule has 8 heteroatoms. The van der Waals surface area contributed by atoms with Crippen molar-refractivity contribution >= 4 is 28.9 Å². The molecule has 0 unspecified atom stereocenters. The van der Waals surface area contributed by atoms with Crippen LogP contribution < -0.4 is 5.32 Å². The third-order valence-corrected chi connectivity index (χ3v) is 6.29. The van der Waals surface area contributed by atoms with Crippen LogP contribution in [0.25, 0.3) is 0 Å². The fourth-order valence-electron chi connectivity index (χ4n) is 4.05. The Hall–Kier alpha value is -2.48. The third-order valence-electron chi connectivity index (χ3n) is 5.98. The van der Waals surface area contributed by atoms with Gasteiger partial charge in [0.1, 0.15) is 0 Å². The van der Waals surface area contributed by atoms with Crippen LogP contribution in [-0.2, 0) is 11.3 Å². The molecule has 3 rings (SSSR count). The number of carbonyl (C=O) groups is 1. The molecule has 0 spiro atoms. The number of amides is 1. The zero-order valence-electron chi connectivity index (χ0n) is 18.0. The van der Waals surface area contributed by atoms with E-state index in [0.29, 0.717) is 11.7 Å². The molecule has 31 heavy (non-hydrogen) atoms. The number of hydrogen-bond donors (Lipinski definition) is 1. The van der Waals surface area contributed by atoms with E-state index in [1.807, 2.05) is 13.0 Å². The van der Waals surface area contributed by atoms with Gasteiger partial charge in [-0.3, -0.25) is 24.7 Å². The molecule has 7 nitrogen and oxygen atoms in total. The highest BCUT2D eigenvalue weighted by Crippen LogP contribution is 2.27. The molecule has 1 aliphatic rings. The minimum Gasteiger partial charge on any atom is -0.323 e. The lowest BCUT2D eigenvalue weighted by atomic mass is 10.1. The van der Waals surface area contributed by atoms with Crippen molar-refractivity contribution < 1.29 is 9.72 Å². The van der Waals surface area contributed by atoms with Crippen LogP contribution in [0.4, 0.5) is 11.4 Å². The predicted octanol–water partition coefficient (Wildman–Crippen LogP) is 4.56. The summed E-state index contributed by atoms with van der Waals surface area (Å²) in [5, 5.41) is 13.8. The van der Waals surface area contributed by atoms with Crippen LogP contribution in [-0.4, -0.2) is 52.9 Å². The molecular formula is C23H29ClN4O3. The van der Waals surface area contributed by atoms with E-state index in [-0.39, 0.29) is 22.7 Å². The molecule has 0 bridgehead atoms. The summed E-state index contributed by atoms with van der Waals surface area (Å²) in [6.07, 6.45) is 3.13. The maximum absolute atomic E-state index is 12.8. The number of rotatable bonds is 7. The fourth-order valence-corrected chi connectivity index (χ4v) is 4.27. The number of hydrogen-bond acceptors (Lipinski definition) is 5. The summed E-state index contributed by atoms with van der Waals surface area (Å²) >= 11 is 6.12.